The summed E-state index contributed by atoms with van der Waals surface area (Å²) in [5, 5.41) is 5.04. The van der Waals surface area contributed by atoms with Crippen molar-refractivity contribution in [3.05, 3.63) is 54.1 Å². The van der Waals surface area contributed by atoms with Crippen LogP contribution in [0.2, 0.25) is 0 Å². The van der Waals surface area contributed by atoms with E-state index in [1.54, 1.807) is 84.0 Å². The van der Waals surface area contributed by atoms with Gasteiger partial charge in [0.05, 0.1) is 11.4 Å². The lowest BCUT2D eigenvalue weighted by molar-refractivity contribution is -0.154. The molecular formula is C29H36N4O7. The molecule has 0 fully saturated rings. The third-order valence-electron chi connectivity index (χ3n) is 5.46. The van der Waals surface area contributed by atoms with Crippen LogP contribution in [-0.2, 0) is 28.7 Å². The number of benzene rings is 2. The first kappa shape index (κ1) is 30.1. The molecule has 0 radical (unpaired) electrons. The molecule has 0 saturated heterocycles. The molecule has 1 aliphatic rings. The molecule has 40 heavy (non-hydrogen) atoms. The Morgan fingerprint density at radius 3 is 1.68 bits per heavy atom. The van der Waals surface area contributed by atoms with Gasteiger partial charge in [-0.25, -0.2) is 4.79 Å². The lowest BCUT2D eigenvalue weighted by Crippen LogP contribution is -2.57. The second-order valence-electron chi connectivity index (χ2n) is 11.4. The summed E-state index contributed by atoms with van der Waals surface area (Å²) in [5.41, 5.74) is 0.0787. The van der Waals surface area contributed by atoms with Gasteiger partial charge in [0, 0.05) is 5.69 Å². The maximum Gasteiger partial charge on any atom is 0.326 e. The zero-order valence-corrected chi connectivity index (χ0v) is 23.9. The number of carbonyl (C=O) groups is 5. The molecule has 1 aliphatic heterocycles. The standard InChI is InChI=1S/C29H36N4O7/c1-18-11-10-12-19(15-18)30-27(38)31-24-25(36)32(16-22(34)39-28(2,3)4)20-13-8-9-14-21(20)33(26(24)37)17-23(35)40-29(5,6)7/h8-15,24H,16-17H2,1-7H3,(H2,30,31,38). The normalized spacial score (nSPS) is 14.3. The van der Waals surface area contributed by atoms with E-state index < -0.39 is 60.1 Å². The third kappa shape index (κ3) is 8.05. The average Bonchev–Trinajstić information content (AvgIpc) is 2.88. The van der Waals surface area contributed by atoms with E-state index in [0.717, 1.165) is 15.4 Å². The van der Waals surface area contributed by atoms with Crippen molar-refractivity contribution in [2.45, 2.75) is 65.7 Å². The zero-order chi connectivity index (χ0) is 29.8. The van der Waals surface area contributed by atoms with E-state index in [4.69, 9.17) is 9.47 Å². The van der Waals surface area contributed by atoms with Crippen LogP contribution >= 0.6 is 0 Å². The number of ether oxygens (including phenoxy) is 2. The number of fused-ring (bicyclic) bond motifs is 1. The number of carbonyl (C=O) groups excluding carboxylic acids is 5. The van der Waals surface area contributed by atoms with Gasteiger partial charge in [0.2, 0.25) is 0 Å². The van der Waals surface area contributed by atoms with Crippen LogP contribution in [0.3, 0.4) is 0 Å². The fraction of sp³-hybridized carbons (Fsp3) is 0.414. The van der Waals surface area contributed by atoms with Gasteiger partial charge in [-0.15, -0.1) is 0 Å². The SMILES string of the molecule is Cc1cccc(NC(=O)NC2C(=O)N(CC(=O)OC(C)(C)C)c3ccccc3N(CC(=O)OC(C)(C)C)C2=O)c1. The van der Waals surface area contributed by atoms with Crippen LogP contribution in [0.15, 0.2) is 48.5 Å². The number of nitrogens with zero attached hydrogens (tertiary/aromatic N) is 2. The molecule has 11 heteroatoms. The number of hydrogen-bond acceptors (Lipinski definition) is 7. The van der Waals surface area contributed by atoms with Gasteiger partial charge in [0.1, 0.15) is 24.3 Å². The molecule has 4 amide bonds. The molecule has 0 bridgehead atoms. The first-order valence-corrected chi connectivity index (χ1v) is 12.8. The van der Waals surface area contributed by atoms with E-state index in [2.05, 4.69) is 10.6 Å². The van der Waals surface area contributed by atoms with E-state index >= 15 is 0 Å². The minimum Gasteiger partial charge on any atom is -0.459 e. The largest absolute Gasteiger partial charge is 0.459 e. The van der Waals surface area contributed by atoms with E-state index in [1.165, 1.54) is 0 Å². The Morgan fingerprint density at radius 1 is 0.775 bits per heavy atom. The van der Waals surface area contributed by atoms with Crippen molar-refractivity contribution >= 4 is 46.8 Å². The van der Waals surface area contributed by atoms with Gasteiger partial charge in [0.15, 0.2) is 6.04 Å². The van der Waals surface area contributed by atoms with Crippen LogP contribution in [0.25, 0.3) is 0 Å². The average molecular weight is 553 g/mol. The summed E-state index contributed by atoms with van der Waals surface area (Å²) in [5.74, 6) is -3.16. The van der Waals surface area contributed by atoms with Crippen molar-refractivity contribution in [1.29, 1.82) is 0 Å². The van der Waals surface area contributed by atoms with Crippen molar-refractivity contribution in [3.8, 4) is 0 Å². The van der Waals surface area contributed by atoms with Gasteiger partial charge in [-0.1, -0.05) is 24.3 Å². The van der Waals surface area contributed by atoms with Crippen LogP contribution < -0.4 is 20.4 Å². The Bertz CT molecular complexity index is 1240. The lowest BCUT2D eigenvalue weighted by Gasteiger charge is -2.27. The fourth-order valence-electron chi connectivity index (χ4n) is 4.05. The second kappa shape index (κ2) is 11.8. The second-order valence-corrected chi connectivity index (χ2v) is 11.4. The number of anilines is 3. The van der Waals surface area contributed by atoms with Crippen LogP contribution in [0, 0.1) is 6.92 Å². The molecule has 0 saturated carbocycles. The number of urea groups is 1. The van der Waals surface area contributed by atoms with Gasteiger partial charge in [-0.2, -0.15) is 0 Å². The molecule has 2 aromatic carbocycles. The Hall–Kier alpha value is -4.41. The summed E-state index contributed by atoms with van der Waals surface area (Å²) in [6, 6.07) is 10.7. The van der Waals surface area contributed by atoms with Crippen molar-refractivity contribution in [3.63, 3.8) is 0 Å². The van der Waals surface area contributed by atoms with Gasteiger partial charge in [-0.05, 0) is 78.3 Å². The predicted molar refractivity (Wildman–Crippen MR) is 150 cm³/mol. The summed E-state index contributed by atoms with van der Waals surface area (Å²) >= 11 is 0. The van der Waals surface area contributed by atoms with Crippen molar-refractivity contribution < 1.29 is 33.4 Å². The number of rotatable bonds is 6. The topological polar surface area (TPSA) is 134 Å². The molecule has 11 nitrogen and oxygen atoms in total. The van der Waals surface area contributed by atoms with Crippen LogP contribution in [0.4, 0.5) is 21.9 Å². The lowest BCUT2D eigenvalue weighted by atomic mass is 10.2. The number of nitrogens with one attached hydrogen (secondary N) is 2. The fourth-order valence-corrected chi connectivity index (χ4v) is 4.05. The first-order valence-electron chi connectivity index (χ1n) is 12.8. The number of aryl methyl sites for hydroxylation is 1. The highest BCUT2D eigenvalue weighted by Gasteiger charge is 2.43. The molecule has 0 unspecified atom stereocenters. The molecule has 2 aromatic rings. The van der Waals surface area contributed by atoms with Crippen LogP contribution in [-0.4, -0.2) is 60.1 Å². The van der Waals surface area contributed by atoms with Crippen LogP contribution in [0.1, 0.15) is 47.1 Å². The van der Waals surface area contributed by atoms with Crippen molar-refractivity contribution in [1.82, 2.24) is 5.32 Å². The highest BCUT2D eigenvalue weighted by molar-refractivity contribution is 6.23. The third-order valence-corrected chi connectivity index (χ3v) is 5.46. The number of amides is 4. The first-order chi connectivity index (χ1) is 18.5. The van der Waals surface area contributed by atoms with E-state index in [1.807, 2.05) is 13.0 Å². The van der Waals surface area contributed by atoms with Gasteiger partial charge in [-0.3, -0.25) is 29.0 Å². The summed E-state index contributed by atoms with van der Waals surface area (Å²) < 4.78 is 10.8. The Balaban J connectivity index is 2.01. The number of para-hydroxylation sites is 2. The number of hydrogen-bond donors (Lipinski definition) is 2. The summed E-state index contributed by atoms with van der Waals surface area (Å²) in [4.78, 5) is 68.4. The highest BCUT2D eigenvalue weighted by atomic mass is 16.6. The molecule has 214 valence electrons. The Labute approximate surface area is 233 Å². The molecule has 0 atom stereocenters. The summed E-state index contributed by atoms with van der Waals surface area (Å²) in [7, 11) is 0. The minimum absolute atomic E-state index is 0.193. The van der Waals surface area contributed by atoms with E-state index in [-0.39, 0.29) is 11.4 Å². The minimum atomic E-state index is -1.76. The molecule has 1 heterocycles. The maximum absolute atomic E-state index is 13.8. The van der Waals surface area contributed by atoms with Crippen molar-refractivity contribution in [2.24, 2.45) is 0 Å². The zero-order valence-electron chi connectivity index (χ0n) is 23.9. The molecular weight excluding hydrogens is 516 g/mol. The molecule has 3 rings (SSSR count). The molecule has 2 N–H and O–H groups in total. The summed E-state index contributed by atoms with van der Waals surface area (Å²) in [6.45, 7) is 10.9. The summed E-state index contributed by atoms with van der Waals surface area (Å²) in [6.07, 6.45) is 0. The maximum atomic E-state index is 13.8. The van der Waals surface area contributed by atoms with Crippen LogP contribution in [0.5, 0.6) is 0 Å². The monoisotopic (exact) mass is 552 g/mol. The Kier molecular flexibility index (Phi) is 8.87. The molecule has 0 spiro atoms. The Morgan fingerprint density at radius 2 is 1.25 bits per heavy atom. The molecule has 0 aromatic heterocycles. The van der Waals surface area contributed by atoms with Crippen molar-refractivity contribution in [2.75, 3.05) is 28.2 Å². The molecule has 0 aliphatic carbocycles. The quantitative estimate of drug-likeness (QED) is 0.413. The highest BCUT2D eigenvalue weighted by Crippen LogP contribution is 2.33. The van der Waals surface area contributed by atoms with Gasteiger partial charge in [0.25, 0.3) is 11.8 Å². The van der Waals surface area contributed by atoms with E-state index in [9.17, 15) is 24.0 Å². The van der Waals surface area contributed by atoms with Gasteiger partial charge < -0.3 is 20.1 Å². The number of esters is 2. The van der Waals surface area contributed by atoms with E-state index in [0.29, 0.717) is 5.69 Å². The predicted octanol–water partition coefficient (Wildman–Crippen LogP) is 3.55. The smallest absolute Gasteiger partial charge is 0.326 e. The van der Waals surface area contributed by atoms with Gasteiger partial charge >= 0.3 is 18.0 Å².